The molecule has 128 valence electrons. The predicted molar refractivity (Wildman–Crippen MR) is 93.3 cm³/mol. The van der Waals surface area contributed by atoms with E-state index in [-0.39, 0.29) is 18.1 Å². The van der Waals surface area contributed by atoms with Crippen molar-refractivity contribution in [1.29, 1.82) is 0 Å². The number of hydrogen-bond acceptors (Lipinski definition) is 3. The van der Waals surface area contributed by atoms with Gasteiger partial charge in [0.05, 0.1) is 17.9 Å². The number of benzene rings is 1. The van der Waals surface area contributed by atoms with Crippen LogP contribution < -0.4 is 0 Å². The molecule has 24 heavy (non-hydrogen) atoms. The first-order valence-electron chi connectivity index (χ1n) is 8.67. The Hall–Kier alpha value is -2.14. The van der Waals surface area contributed by atoms with Crippen molar-refractivity contribution in [2.24, 2.45) is 0 Å². The highest BCUT2D eigenvalue weighted by atomic mass is 16.5. The van der Waals surface area contributed by atoms with E-state index in [1.807, 2.05) is 55.1 Å². The zero-order valence-electron chi connectivity index (χ0n) is 14.4. The Kier molecular flexibility index (Phi) is 5.30. The van der Waals surface area contributed by atoms with Gasteiger partial charge >= 0.3 is 0 Å². The minimum atomic E-state index is -0.294. The molecule has 0 aliphatic carbocycles. The number of ether oxygens (including phenoxy) is 1. The van der Waals surface area contributed by atoms with Gasteiger partial charge in [-0.15, -0.1) is 0 Å². The van der Waals surface area contributed by atoms with Crippen LogP contribution in [0.3, 0.4) is 0 Å². The molecular formula is C19H25N3O2. The Labute approximate surface area is 143 Å². The van der Waals surface area contributed by atoms with Crippen LogP contribution in [0, 0.1) is 0 Å². The number of carbonyl (C=O) groups is 1. The number of rotatable bonds is 5. The standard InChI is InChI=1S/C19H25N3O2/c1-14(2)22(19(23)18-10-6-7-11-24-18)13-16-12-17(21-20-16)15-8-4-3-5-9-15/h3-5,8-9,12,14,18H,6-7,10-11,13H2,1-2H3,(H,20,21)/t18-/m1/s1. The second-order valence-electron chi connectivity index (χ2n) is 6.56. The van der Waals surface area contributed by atoms with Gasteiger partial charge in [0.1, 0.15) is 6.10 Å². The van der Waals surface area contributed by atoms with Crippen molar-refractivity contribution in [3.05, 3.63) is 42.1 Å². The van der Waals surface area contributed by atoms with Gasteiger partial charge in [-0.05, 0) is 39.2 Å². The summed E-state index contributed by atoms with van der Waals surface area (Å²) in [5.41, 5.74) is 2.90. The highest BCUT2D eigenvalue weighted by Gasteiger charge is 2.28. The number of H-pyrrole nitrogens is 1. The first-order valence-corrected chi connectivity index (χ1v) is 8.67. The zero-order valence-corrected chi connectivity index (χ0v) is 14.4. The molecule has 0 saturated carbocycles. The van der Waals surface area contributed by atoms with E-state index in [4.69, 9.17) is 4.74 Å². The number of carbonyl (C=O) groups excluding carboxylic acids is 1. The zero-order chi connectivity index (χ0) is 16.9. The lowest BCUT2D eigenvalue weighted by Crippen LogP contribution is -2.44. The molecule has 0 radical (unpaired) electrons. The van der Waals surface area contributed by atoms with Gasteiger partial charge in [0, 0.05) is 18.2 Å². The van der Waals surface area contributed by atoms with Gasteiger partial charge < -0.3 is 9.64 Å². The highest BCUT2D eigenvalue weighted by molar-refractivity contribution is 5.81. The highest BCUT2D eigenvalue weighted by Crippen LogP contribution is 2.20. The number of aromatic nitrogens is 2. The molecule has 1 fully saturated rings. The number of aromatic amines is 1. The Morgan fingerprint density at radius 1 is 1.33 bits per heavy atom. The minimum absolute atomic E-state index is 0.0839. The summed E-state index contributed by atoms with van der Waals surface area (Å²) in [6.07, 6.45) is 2.63. The van der Waals surface area contributed by atoms with Gasteiger partial charge in [-0.2, -0.15) is 5.10 Å². The predicted octanol–water partition coefficient (Wildman–Crippen LogP) is 3.38. The molecule has 1 aromatic carbocycles. The molecule has 1 saturated heterocycles. The molecule has 0 bridgehead atoms. The monoisotopic (exact) mass is 327 g/mol. The first kappa shape index (κ1) is 16.7. The smallest absolute Gasteiger partial charge is 0.252 e. The van der Waals surface area contributed by atoms with E-state index in [0.29, 0.717) is 13.2 Å². The van der Waals surface area contributed by atoms with Gasteiger partial charge in [0.25, 0.3) is 5.91 Å². The van der Waals surface area contributed by atoms with Crippen molar-refractivity contribution in [2.45, 2.75) is 51.8 Å². The molecule has 1 atom stereocenters. The number of hydrogen-bond donors (Lipinski definition) is 1. The Balaban J connectivity index is 1.72. The van der Waals surface area contributed by atoms with Gasteiger partial charge in [-0.1, -0.05) is 30.3 Å². The fourth-order valence-corrected chi connectivity index (χ4v) is 3.02. The third-order valence-corrected chi connectivity index (χ3v) is 4.40. The van der Waals surface area contributed by atoms with Crippen LogP contribution >= 0.6 is 0 Å². The third-order valence-electron chi connectivity index (χ3n) is 4.40. The largest absolute Gasteiger partial charge is 0.368 e. The van der Waals surface area contributed by atoms with Gasteiger partial charge in [-0.3, -0.25) is 9.89 Å². The average molecular weight is 327 g/mol. The summed E-state index contributed by atoms with van der Waals surface area (Å²) in [6, 6.07) is 12.2. The molecule has 3 rings (SSSR count). The summed E-state index contributed by atoms with van der Waals surface area (Å²) in [5, 5.41) is 7.44. The maximum absolute atomic E-state index is 12.8. The lowest BCUT2D eigenvalue weighted by molar-refractivity contribution is -0.149. The Morgan fingerprint density at radius 2 is 2.12 bits per heavy atom. The lowest BCUT2D eigenvalue weighted by Gasteiger charge is -2.31. The summed E-state index contributed by atoms with van der Waals surface area (Å²) in [6.45, 7) is 5.28. The molecule has 2 heterocycles. The maximum atomic E-state index is 12.8. The average Bonchev–Trinajstić information content (AvgIpc) is 3.09. The molecule has 1 aliphatic rings. The van der Waals surface area contributed by atoms with Crippen LogP contribution in [-0.4, -0.2) is 39.8 Å². The molecule has 1 amide bonds. The molecule has 0 unspecified atom stereocenters. The molecular weight excluding hydrogens is 302 g/mol. The fourth-order valence-electron chi connectivity index (χ4n) is 3.02. The third kappa shape index (κ3) is 3.85. The van der Waals surface area contributed by atoms with E-state index in [0.717, 1.165) is 36.2 Å². The second-order valence-corrected chi connectivity index (χ2v) is 6.56. The van der Waals surface area contributed by atoms with E-state index in [9.17, 15) is 4.79 Å². The lowest BCUT2D eigenvalue weighted by atomic mass is 10.1. The van der Waals surface area contributed by atoms with Crippen LogP contribution in [0.4, 0.5) is 0 Å². The SMILES string of the molecule is CC(C)N(Cc1cc(-c2ccccc2)n[nH]1)C(=O)[C@H]1CCCCO1. The van der Waals surface area contributed by atoms with E-state index in [1.54, 1.807) is 0 Å². The molecule has 0 spiro atoms. The van der Waals surface area contributed by atoms with Crippen molar-refractivity contribution < 1.29 is 9.53 Å². The molecule has 1 aliphatic heterocycles. The van der Waals surface area contributed by atoms with Crippen molar-refractivity contribution in [2.75, 3.05) is 6.61 Å². The van der Waals surface area contributed by atoms with Crippen LogP contribution in [0.5, 0.6) is 0 Å². The second kappa shape index (κ2) is 7.62. The number of nitrogens with zero attached hydrogens (tertiary/aromatic N) is 2. The summed E-state index contributed by atoms with van der Waals surface area (Å²) in [5.74, 6) is 0.0839. The van der Waals surface area contributed by atoms with E-state index in [1.165, 1.54) is 0 Å². The van der Waals surface area contributed by atoms with Crippen LogP contribution in [0.1, 0.15) is 38.8 Å². The Bertz CT molecular complexity index is 660. The molecule has 5 heteroatoms. The molecule has 2 aromatic rings. The first-order chi connectivity index (χ1) is 11.6. The molecule has 1 aromatic heterocycles. The summed E-state index contributed by atoms with van der Waals surface area (Å²) in [4.78, 5) is 14.7. The minimum Gasteiger partial charge on any atom is -0.368 e. The molecule has 5 nitrogen and oxygen atoms in total. The van der Waals surface area contributed by atoms with Crippen LogP contribution in [0.15, 0.2) is 36.4 Å². The number of amides is 1. The van der Waals surface area contributed by atoms with Gasteiger partial charge in [0.15, 0.2) is 0 Å². The van der Waals surface area contributed by atoms with Crippen molar-refractivity contribution >= 4 is 5.91 Å². The van der Waals surface area contributed by atoms with Crippen LogP contribution in [0.25, 0.3) is 11.3 Å². The van der Waals surface area contributed by atoms with Crippen LogP contribution in [-0.2, 0) is 16.1 Å². The molecule has 1 N–H and O–H groups in total. The quantitative estimate of drug-likeness (QED) is 0.916. The van der Waals surface area contributed by atoms with E-state index >= 15 is 0 Å². The summed E-state index contributed by atoms with van der Waals surface area (Å²) < 4.78 is 5.67. The van der Waals surface area contributed by atoms with E-state index < -0.39 is 0 Å². The van der Waals surface area contributed by atoms with Crippen molar-refractivity contribution in [1.82, 2.24) is 15.1 Å². The number of nitrogens with one attached hydrogen (secondary N) is 1. The summed E-state index contributed by atoms with van der Waals surface area (Å²) >= 11 is 0. The Morgan fingerprint density at radius 3 is 2.79 bits per heavy atom. The normalized spacial score (nSPS) is 17.9. The fraction of sp³-hybridized carbons (Fsp3) is 0.474. The van der Waals surface area contributed by atoms with E-state index in [2.05, 4.69) is 10.2 Å². The maximum Gasteiger partial charge on any atom is 0.252 e. The van der Waals surface area contributed by atoms with Gasteiger partial charge in [-0.25, -0.2) is 0 Å². The topological polar surface area (TPSA) is 58.2 Å². The van der Waals surface area contributed by atoms with Crippen molar-refractivity contribution in [3.8, 4) is 11.3 Å². The summed E-state index contributed by atoms with van der Waals surface area (Å²) in [7, 11) is 0. The van der Waals surface area contributed by atoms with Crippen LogP contribution in [0.2, 0.25) is 0 Å². The van der Waals surface area contributed by atoms with Crippen molar-refractivity contribution in [3.63, 3.8) is 0 Å². The van der Waals surface area contributed by atoms with Gasteiger partial charge in [0.2, 0.25) is 0 Å².